The number of furan rings is 1. The minimum Gasteiger partial charge on any atom is -0.507 e. The van der Waals surface area contributed by atoms with Crippen molar-refractivity contribution in [1.82, 2.24) is 14.5 Å². The lowest BCUT2D eigenvalue weighted by Crippen LogP contribution is -2.12. The van der Waals surface area contributed by atoms with Gasteiger partial charge in [0.15, 0.2) is 0 Å². The molecule has 3 aromatic heterocycles. The Balaban J connectivity index is 1.20. The number of para-hydroxylation sites is 2. The van der Waals surface area contributed by atoms with Gasteiger partial charge in [0.05, 0.1) is 28.0 Å². The fourth-order valence-corrected chi connectivity index (χ4v) is 8.87. The van der Waals surface area contributed by atoms with E-state index in [1.807, 2.05) is 42.6 Å². The normalized spacial score (nSPS) is 11.8. The average Bonchev–Trinajstić information content (AvgIpc) is 3.89. The molecule has 11 rings (SSSR count). The molecular formula is C58H43N3O2. The highest BCUT2D eigenvalue weighted by molar-refractivity contribution is 6.08. The molecule has 0 saturated carbocycles. The van der Waals surface area contributed by atoms with E-state index in [2.05, 4.69) is 177 Å². The molecule has 0 unspecified atom stereocenters. The molecule has 1 N–H and O–H groups in total. The Morgan fingerprint density at radius 1 is 0.476 bits per heavy atom. The maximum absolute atomic E-state index is 12.0. The van der Waals surface area contributed by atoms with Gasteiger partial charge in [-0.05, 0) is 105 Å². The smallest absolute Gasteiger partial charge is 0.149 e. The molecule has 0 bridgehead atoms. The lowest BCUT2D eigenvalue weighted by molar-refractivity contribution is 0.476. The van der Waals surface area contributed by atoms with Crippen LogP contribution in [-0.2, 0) is 5.41 Å². The first-order chi connectivity index (χ1) is 30.8. The van der Waals surface area contributed by atoms with Crippen molar-refractivity contribution in [3.8, 4) is 78.6 Å². The zero-order valence-corrected chi connectivity index (χ0v) is 35.2. The molecule has 0 aliphatic rings. The maximum Gasteiger partial charge on any atom is 0.149 e. The van der Waals surface area contributed by atoms with E-state index in [0.29, 0.717) is 17.0 Å². The monoisotopic (exact) mass is 813 g/mol. The second-order valence-corrected chi connectivity index (χ2v) is 17.2. The molecule has 0 spiro atoms. The molecule has 302 valence electrons. The molecule has 0 saturated heterocycles. The number of rotatable bonds is 7. The van der Waals surface area contributed by atoms with Crippen molar-refractivity contribution in [3.05, 3.63) is 206 Å². The van der Waals surface area contributed by atoms with Gasteiger partial charge in [0.25, 0.3) is 0 Å². The predicted octanol–water partition coefficient (Wildman–Crippen LogP) is 15.3. The number of nitrogens with zero attached hydrogens (tertiary/aromatic N) is 3. The minimum atomic E-state index is -0.0857. The lowest BCUT2D eigenvalue weighted by atomic mass is 9.85. The second-order valence-electron chi connectivity index (χ2n) is 17.2. The molecule has 5 nitrogen and oxygen atoms in total. The topological polar surface area (TPSA) is 64.1 Å². The van der Waals surface area contributed by atoms with Gasteiger partial charge in [-0.3, -0.25) is 9.55 Å². The SMILES string of the molecule is CC(C)(C)c1ccc(-n2c(-c3cc4c(cc3O)oc3ccccc34)nc3c(-c4cc(-c5ccccc5)cc(-c5cc(-c6ccccc6)ccn5)c4)cccc32)c(-c2ccccc2)c1. The number of aromatic hydroxyl groups is 1. The Morgan fingerprint density at radius 3 is 1.89 bits per heavy atom. The van der Waals surface area contributed by atoms with Crippen molar-refractivity contribution >= 4 is 33.0 Å². The van der Waals surface area contributed by atoms with Crippen molar-refractivity contribution in [2.75, 3.05) is 0 Å². The quantitative estimate of drug-likeness (QED) is 0.174. The van der Waals surface area contributed by atoms with E-state index in [9.17, 15) is 5.11 Å². The number of fused-ring (bicyclic) bond motifs is 4. The van der Waals surface area contributed by atoms with Crippen LogP contribution in [0.3, 0.4) is 0 Å². The van der Waals surface area contributed by atoms with E-state index in [1.54, 1.807) is 6.07 Å². The van der Waals surface area contributed by atoms with Gasteiger partial charge in [0.1, 0.15) is 22.7 Å². The minimum absolute atomic E-state index is 0.0857. The number of hydrogen-bond acceptors (Lipinski definition) is 4. The Hall–Kier alpha value is -8.02. The summed E-state index contributed by atoms with van der Waals surface area (Å²) in [5, 5.41) is 13.9. The van der Waals surface area contributed by atoms with E-state index in [1.165, 1.54) is 5.56 Å². The van der Waals surface area contributed by atoms with Crippen LogP contribution in [0.2, 0.25) is 0 Å². The number of imidazole rings is 1. The summed E-state index contributed by atoms with van der Waals surface area (Å²) in [5.74, 6) is 0.712. The summed E-state index contributed by atoms with van der Waals surface area (Å²) in [6.07, 6.45) is 1.89. The number of benzene rings is 8. The standard InChI is InChI=1S/C58H43N3O2/c1-58(2,3)44-26-27-51(47(34-44)39-20-11-6-12-21-39)61-52-24-15-23-45(56(52)60-57(61)49-35-48-46-22-13-14-25-54(46)63-55(48)36-53(49)62)42-30-41(38-18-9-5-10-19-38)31-43(32-42)50-33-40(28-29-59-50)37-16-7-4-8-17-37/h4-36,62H,1-3H3. The molecule has 0 aliphatic heterocycles. The lowest BCUT2D eigenvalue weighted by Gasteiger charge is -2.23. The van der Waals surface area contributed by atoms with Gasteiger partial charge in [0.2, 0.25) is 0 Å². The predicted molar refractivity (Wildman–Crippen MR) is 259 cm³/mol. The molecule has 0 aliphatic carbocycles. The third kappa shape index (κ3) is 6.84. The first-order valence-electron chi connectivity index (χ1n) is 21.4. The summed E-state index contributed by atoms with van der Waals surface area (Å²) in [6, 6.07) is 67.3. The van der Waals surface area contributed by atoms with Crippen LogP contribution < -0.4 is 0 Å². The van der Waals surface area contributed by atoms with Crippen LogP contribution in [0.25, 0.3) is 106 Å². The molecule has 63 heavy (non-hydrogen) atoms. The van der Waals surface area contributed by atoms with E-state index < -0.39 is 0 Å². The number of aromatic nitrogens is 3. The largest absolute Gasteiger partial charge is 0.507 e. The third-order valence-electron chi connectivity index (χ3n) is 12.1. The van der Waals surface area contributed by atoms with Gasteiger partial charge in [-0.1, -0.05) is 148 Å². The van der Waals surface area contributed by atoms with Crippen LogP contribution in [0.15, 0.2) is 205 Å². The van der Waals surface area contributed by atoms with Gasteiger partial charge < -0.3 is 9.52 Å². The number of phenols is 1. The van der Waals surface area contributed by atoms with E-state index in [-0.39, 0.29) is 11.2 Å². The fourth-order valence-electron chi connectivity index (χ4n) is 8.87. The summed E-state index contributed by atoms with van der Waals surface area (Å²) >= 11 is 0. The molecule has 3 heterocycles. The van der Waals surface area contributed by atoms with Crippen molar-refractivity contribution in [2.45, 2.75) is 26.2 Å². The van der Waals surface area contributed by atoms with Crippen LogP contribution in [0.4, 0.5) is 0 Å². The van der Waals surface area contributed by atoms with Gasteiger partial charge >= 0.3 is 0 Å². The third-order valence-corrected chi connectivity index (χ3v) is 12.1. The first-order valence-corrected chi connectivity index (χ1v) is 21.4. The van der Waals surface area contributed by atoms with Crippen LogP contribution in [0.1, 0.15) is 26.3 Å². The zero-order valence-electron chi connectivity index (χ0n) is 35.2. The molecule has 0 fully saturated rings. The number of hydrogen-bond donors (Lipinski definition) is 1. The summed E-state index contributed by atoms with van der Waals surface area (Å²) in [6.45, 7) is 6.73. The van der Waals surface area contributed by atoms with Gasteiger partial charge in [-0.15, -0.1) is 0 Å². The summed E-state index contributed by atoms with van der Waals surface area (Å²) in [5.41, 5.74) is 16.2. The van der Waals surface area contributed by atoms with E-state index in [0.717, 1.165) is 88.8 Å². The van der Waals surface area contributed by atoms with Crippen molar-refractivity contribution in [1.29, 1.82) is 0 Å². The van der Waals surface area contributed by atoms with Crippen LogP contribution in [0.5, 0.6) is 5.75 Å². The number of pyridine rings is 1. The molecule has 8 aromatic carbocycles. The summed E-state index contributed by atoms with van der Waals surface area (Å²) in [7, 11) is 0. The highest BCUT2D eigenvalue weighted by Gasteiger charge is 2.25. The van der Waals surface area contributed by atoms with Crippen LogP contribution >= 0.6 is 0 Å². The summed E-state index contributed by atoms with van der Waals surface area (Å²) < 4.78 is 8.46. The number of phenolic OH excluding ortho intramolecular Hbond substituents is 1. The van der Waals surface area contributed by atoms with Gasteiger partial charge in [0, 0.05) is 39.7 Å². The summed E-state index contributed by atoms with van der Waals surface area (Å²) in [4.78, 5) is 10.5. The van der Waals surface area contributed by atoms with Gasteiger partial charge in [-0.25, -0.2) is 4.98 Å². The van der Waals surface area contributed by atoms with Crippen molar-refractivity contribution in [3.63, 3.8) is 0 Å². The Bertz CT molecular complexity index is 3490. The highest BCUT2D eigenvalue weighted by Crippen LogP contribution is 2.44. The molecule has 11 aromatic rings. The Morgan fingerprint density at radius 2 is 1.14 bits per heavy atom. The molecule has 5 heteroatoms. The van der Waals surface area contributed by atoms with Crippen LogP contribution in [-0.4, -0.2) is 19.6 Å². The molecule has 0 amide bonds. The van der Waals surface area contributed by atoms with Crippen molar-refractivity contribution < 1.29 is 9.52 Å². The van der Waals surface area contributed by atoms with E-state index in [4.69, 9.17) is 14.4 Å². The van der Waals surface area contributed by atoms with Crippen LogP contribution in [0, 0.1) is 0 Å². The second kappa shape index (κ2) is 15.2. The van der Waals surface area contributed by atoms with Gasteiger partial charge in [-0.2, -0.15) is 0 Å². The maximum atomic E-state index is 12.0. The highest BCUT2D eigenvalue weighted by atomic mass is 16.3. The molecular weight excluding hydrogens is 771 g/mol. The average molecular weight is 814 g/mol. The fraction of sp³-hybridized carbons (Fsp3) is 0.0690. The zero-order chi connectivity index (χ0) is 42.7. The Kier molecular flexibility index (Phi) is 9.13. The first kappa shape index (κ1) is 37.9. The molecule has 0 radical (unpaired) electrons. The van der Waals surface area contributed by atoms with E-state index >= 15 is 0 Å². The Labute approximate surface area is 366 Å². The molecule has 0 atom stereocenters. The van der Waals surface area contributed by atoms with Crippen molar-refractivity contribution in [2.24, 2.45) is 0 Å².